The lowest BCUT2D eigenvalue weighted by Gasteiger charge is -2.28. The summed E-state index contributed by atoms with van der Waals surface area (Å²) in [6, 6.07) is 77.2. The van der Waals surface area contributed by atoms with Gasteiger partial charge in [0.15, 0.2) is 0 Å². The lowest BCUT2D eigenvalue weighted by atomic mass is 9.96. The molecule has 0 amide bonds. The van der Waals surface area contributed by atoms with Crippen molar-refractivity contribution in [2.75, 3.05) is 4.90 Å². The third kappa shape index (κ3) is 5.51. The molecule has 0 N–H and O–H groups in total. The highest BCUT2D eigenvalue weighted by atomic mass is 15.1. The van der Waals surface area contributed by atoms with Gasteiger partial charge in [-0.2, -0.15) is 0 Å². The number of fused-ring (bicyclic) bond motifs is 5. The molecule has 0 heterocycles. The smallest absolute Gasteiger partial charge is 0.0540 e. The van der Waals surface area contributed by atoms with Gasteiger partial charge in [-0.1, -0.05) is 182 Å². The van der Waals surface area contributed by atoms with E-state index >= 15 is 0 Å². The van der Waals surface area contributed by atoms with Crippen molar-refractivity contribution in [2.45, 2.75) is 0 Å². The van der Waals surface area contributed by atoms with Crippen molar-refractivity contribution in [3.8, 4) is 33.4 Å². The van der Waals surface area contributed by atoms with Crippen LogP contribution in [0.15, 0.2) is 212 Å². The molecule has 1 heteroatoms. The molecule has 0 spiro atoms. The molecule has 0 fully saturated rings. The van der Waals surface area contributed by atoms with Gasteiger partial charge in [0.25, 0.3) is 0 Å². The zero-order valence-corrected chi connectivity index (χ0v) is 29.2. The molecule has 248 valence electrons. The first-order valence-corrected chi connectivity index (χ1v) is 18.3. The number of nitrogens with zero attached hydrogens (tertiary/aromatic N) is 1. The second-order valence-corrected chi connectivity index (χ2v) is 13.7. The van der Waals surface area contributed by atoms with Crippen molar-refractivity contribution in [3.05, 3.63) is 212 Å². The van der Waals surface area contributed by atoms with E-state index in [2.05, 4.69) is 217 Å². The van der Waals surface area contributed by atoms with Gasteiger partial charge in [0.1, 0.15) is 0 Å². The first-order chi connectivity index (χ1) is 26.3. The monoisotopic (exact) mass is 673 g/mol. The van der Waals surface area contributed by atoms with Crippen LogP contribution in [0.4, 0.5) is 17.1 Å². The Balaban J connectivity index is 1.08. The number of anilines is 3. The Bertz CT molecular complexity index is 2930. The Morgan fingerprint density at radius 2 is 0.736 bits per heavy atom. The van der Waals surface area contributed by atoms with E-state index in [4.69, 9.17) is 0 Å². The molecule has 0 aromatic heterocycles. The summed E-state index contributed by atoms with van der Waals surface area (Å²) in [6.07, 6.45) is 0. The molecule has 0 saturated heterocycles. The second kappa shape index (κ2) is 13.0. The van der Waals surface area contributed by atoms with Crippen molar-refractivity contribution >= 4 is 60.2 Å². The van der Waals surface area contributed by atoms with Crippen molar-refractivity contribution < 1.29 is 0 Å². The molecule has 0 bridgehead atoms. The molecule has 0 unspecified atom stereocenters. The third-order valence-corrected chi connectivity index (χ3v) is 10.7. The van der Waals surface area contributed by atoms with E-state index in [-0.39, 0.29) is 0 Å². The summed E-state index contributed by atoms with van der Waals surface area (Å²) in [7, 11) is 0. The fourth-order valence-corrected chi connectivity index (χ4v) is 8.06. The Hall–Kier alpha value is -6.96. The molecule has 53 heavy (non-hydrogen) atoms. The van der Waals surface area contributed by atoms with Gasteiger partial charge < -0.3 is 4.90 Å². The fraction of sp³-hybridized carbons (Fsp3) is 0. The normalized spacial score (nSPS) is 11.4. The summed E-state index contributed by atoms with van der Waals surface area (Å²) in [6.45, 7) is 0. The van der Waals surface area contributed by atoms with Crippen LogP contribution in [0.5, 0.6) is 0 Å². The molecule has 0 aliphatic heterocycles. The quantitative estimate of drug-likeness (QED) is 0.159. The van der Waals surface area contributed by atoms with Crippen LogP contribution in [0.1, 0.15) is 0 Å². The average molecular weight is 674 g/mol. The van der Waals surface area contributed by atoms with E-state index in [1.165, 1.54) is 76.5 Å². The fourth-order valence-electron chi connectivity index (χ4n) is 8.06. The van der Waals surface area contributed by atoms with Gasteiger partial charge in [-0.3, -0.25) is 0 Å². The zero-order chi connectivity index (χ0) is 35.1. The van der Waals surface area contributed by atoms with Crippen LogP contribution >= 0.6 is 0 Å². The van der Waals surface area contributed by atoms with Gasteiger partial charge in [-0.15, -0.1) is 0 Å². The van der Waals surface area contributed by atoms with Crippen molar-refractivity contribution in [1.82, 2.24) is 0 Å². The number of hydrogen-bond donors (Lipinski definition) is 0. The van der Waals surface area contributed by atoms with Crippen LogP contribution in [0.25, 0.3) is 76.5 Å². The Labute approximate surface area is 309 Å². The maximum atomic E-state index is 2.42. The Morgan fingerprint density at radius 1 is 0.245 bits per heavy atom. The number of benzene rings is 10. The van der Waals surface area contributed by atoms with E-state index in [9.17, 15) is 0 Å². The summed E-state index contributed by atoms with van der Waals surface area (Å²) in [5.41, 5.74) is 10.7. The van der Waals surface area contributed by atoms with Crippen molar-refractivity contribution in [2.24, 2.45) is 0 Å². The highest BCUT2D eigenvalue weighted by Crippen LogP contribution is 2.43. The first kappa shape index (κ1) is 30.8. The van der Waals surface area contributed by atoms with Crippen LogP contribution in [0.3, 0.4) is 0 Å². The van der Waals surface area contributed by atoms with Gasteiger partial charge >= 0.3 is 0 Å². The number of hydrogen-bond acceptors (Lipinski definition) is 1. The van der Waals surface area contributed by atoms with E-state index < -0.39 is 0 Å². The lowest BCUT2D eigenvalue weighted by molar-refractivity contribution is 1.30. The largest absolute Gasteiger partial charge is 0.310 e. The predicted octanol–water partition coefficient (Wildman–Crippen LogP) is 14.8. The SMILES string of the molecule is c1cc(-c2cccc3ccccc23)cc(N(c2ccc(-c3ccc(-c4cccc5ccccc45)cc3)cc2)c2cccc3c2ccc2ccccc23)c1. The highest BCUT2D eigenvalue weighted by molar-refractivity contribution is 6.13. The molecule has 10 rings (SSSR count). The van der Waals surface area contributed by atoms with Crippen LogP contribution in [-0.2, 0) is 0 Å². The standard InChI is InChI=1S/C52H35N/c1-4-18-45-38(11-1)14-8-21-47(45)41-27-25-36(26-28-41)37-29-32-43(33-30-37)53(52-24-10-23-50-48-20-6-3-13-40(48)31-34-51(50)52)44-17-7-16-42(35-44)49-22-9-15-39-12-2-5-19-46(39)49/h1-35H. The minimum Gasteiger partial charge on any atom is -0.310 e. The summed E-state index contributed by atoms with van der Waals surface area (Å²) < 4.78 is 0. The first-order valence-electron chi connectivity index (χ1n) is 18.3. The molecule has 10 aromatic carbocycles. The van der Waals surface area contributed by atoms with Gasteiger partial charge in [-0.05, 0) is 101 Å². The summed E-state index contributed by atoms with van der Waals surface area (Å²) in [5.74, 6) is 0. The lowest BCUT2D eigenvalue weighted by Crippen LogP contribution is -2.10. The molecule has 0 radical (unpaired) electrons. The van der Waals surface area contributed by atoms with E-state index in [0.29, 0.717) is 0 Å². The topological polar surface area (TPSA) is 3.24 Å². The van der Waals surface area contributed by atoms with Crippen LogP contribution in [0, 0.1) is 0 Å². The van der Waals surface area contributed by atoms with E-state index in [0.717, 1.165) is 17.1 Å². The van der Waals surface area contributed by atoms with Crippen LogP contribution < -0.4 is 4.90 Å². The molecule has 0 atom stereocenters. The second-order valence-electron chi connectivity index (χ2n) is 13.7. The van der Waals surface area contributed by atoms with Crippen LogP contribution in [-0.4, -0.2) is 0 Å². The van der Waals surface area contributed by atoms with Gasteiger partial charge in [0.05, 0.1) is 5.69 Å². The maximum Gasteiger partial charge on any atom is 0.0540 e. The predicted molar refractivity (Wildman–Crippen MR) is 227 cm³/mol. The third-order valence-electron chi connectivity index (χ3n) is 10.7. The average Bonchev–Trinajstić information content (AvgIpc) is 3.24. The van der Waals surface area contributed by atoms with Crippen LogP contribution in [0.2, 0.25) is 0 Å². The minimum absolute atomic E-state index is 1.11. The summed E-state index contributed by atoms with van der Waals surface area (Å²) >= 11 is 0. The van der Waals surface area contributed by atoms with E-state index in [1.807, 2.05) is 0 Å². The molecular formula is C52H35N. The Morgan fingerprint density at radius 3 is 1.42 bits per heavy atom. The molecule has 10 aromatic rings. The molecule has 1 nitrogen and oxygen atoms in total. The number of rotatable bonds is 6. The van der Waals surface area contributed by atoms with E-state index in [1.54, 1.807) is 0 Å². The minimum atomic E-state index is 1.11. The van der Waals surface area contributed by atoms with Crippen molar-refractivity contribution in [1.29, 1.82) is 0 Å². The highest BCUT2D eigenvalue weighted by Gasteiger charge is 2.18. The van der Waals surface area contributed by atoms with Gasteiger partial charge in [0, 0.05) is 16.8 Å². The van der Waals surface area contributed by atoms with Crippen molar-refractivity contribution in [3.63, 3.8) is 0 Å². The summed E-state index contributed by atoms with van der Waals surface area (Å²) in [4.78, 5) is 2.42. The maximum absolute atomic E-state index is 2.42. The summed E-state index contributed by atoms with van der Waals surface area (Å²) in [5, 5.41) is 10.0. The molecule has 0 saturated carbocycles. The Kier molecular flexibility index (Phi) is 7.55. The molecular weight excluding hydrogens is 639 g/mol. The van der Waals surface area contributed by atoms with Gasteiger partial charge in [0.2, 0.25) is 0 Å². The zero-order valence-electron chi connectivity index (χ0n) is 29.2. The molecule has 0 aliphatic carbocycles. The van der Waals surface area contributed by atoms with Gasteiger partial charge in [-0.25, -0.2) is 0 Å². The molecule has 0 aliphatic rings.